The van der Waals surface area contributed by atoms with Crippen LogP contribution in [0.2, 0.25) is 0 Å². The number of nitrogens with one attached hydrogen (secondary N) is 2. The minimum Gasteiger partial charge on any atom is -0.337 e. The largest absolute Gasteiger partial charge is 0.416 e. The molecule has 1 saturated heterocycles. The van der Waals surface area contributed by atoms with Crippen LogP contribution in [0.3, 0.4) is 0 Å². The highest BCUT2D eigenvalue weighted by molar-refractivity contribution is 7.89. The van der Waals surface area contributed by atoms with E-state index in [0.717, 1.165) is 56.4 Å². The number of hydrogen-bond acceptors (Lipinski definition) is 3. The Morgan fingerprint density at radius 2 is 1.47 bits per heavy atom. The lowest BCUT2D eigenvalue weighted by Crippen LogP contribution is -2.51. The van der Waals surface area contributed by atoms with Crippen LogP contribution in [0.25, 0.3) is 0 Å². The number of benzene rings is 1. The molecule has 0 aromatic heterocycles. The van der Waals surface area contributed by atoms with Crippen molar-refractivity contribution in [1.82, 2.24) is 14.9 Å². The van der Waals surface area contributed by atoms with Crippen LogP contribution in [-0.4, -0.2) is 43.9 Å². The predicted octanol–water partition coefficient (Wildman–Crippen LogP) is 5.93. The van der Waals surface area contributed by atoms with E-state index in [0.29, 0.717) is 12.8 Å². The minimum absolute atomic E-state index is 0. The molecule has 0 bridgehead atoms. The van der Waals surface area contributed by atoms with Crippen molar-refractivity contribution in [3.63, 3.8) is 0 Å². The first-order valence-electron chi connectivity index (χ1n) is 11.4. The highest BCUT2D eigenvalue weighted by Crippen LogP contribution is 2.31. The minimum atomic E-state index is -4.52. The topological polar surface area (TPSA) is 78.5 Å². The zero-order chi connectivity index (χ0) is 23.2. The highest BCUT2D eigenvalue weighted by atomic mass is 32.2. The molecule has 1 unspecified atom stereocenters. The van der Waals surface area contributed by atoms with Crippen molar-refractivity contribution in [1.29, 1.82) is 0 Å². The third-order valence-electron chi connectivity index (χ3n) is 6.30. The molecular formula is C24H40F3N3O3S. The second kappa shape index (κ2) is 13.3. The fourth-order valence-electron chi connectivity index (χ4n) is 4.49. The van der Waals surface area contributed by atoms with Crippen LogP contribution in [0.5, 0.6) is 0 Å². The molecule has 1 aliphatic carbocycles. The van der Waals surface area contributed by atoms with Gasteiger partial charge in [0, 0.05) is 25.2 Å². The van der Waals surface area contributed by atoms with Gasteiger partial charge in [0.1, 0.15) is 0 Å². The van der Waals surface area contributed by atoms with Crippen LogP contribution in [0.1, 0.15) is 84.6 Å². The Hall–Kier alpha value is -1.81. The molecule has 6 nitrogen and oxygen atoms in total. The van der Waals surface area contributed by atoms with Crippen molar-refractivity contribution in [2.75, 3.05) is 13.1 Å². The average Bonchev–Trinajstić information content (AvgIpc) is 2.74. The summed E-state index contributed by atoms with van der Waals surface area (Å²) >= 11 is 0. The maximum atomic E-state index is 13.1. The van der Waals surface area contributed by atoms with Crippen LogP contribution in [-0.2, 0) is 16.2 Å². The first-order valence-corrected chi connectivity index (χ1v) is 12.9. The van der Waals surface area contributed by atoms with Crippen molar-refractivity contribution in [3.05, 3.63) is 29.8 Å². The van der Waals surface area contributed by atoms with Gasteiger partial charge < -0.3 is 10.6 Å². The van der Waals surface area contributed by atoms with Gasteiger partial charge in [-0.05, 0) is 49.9 Å². The Morgan fingerprint density at radius 1 is 0.912 bits per heavy atom. The number of carbonyl (C=O) groups excluding carboxylic acids is 1. The number of nitrogens with zero attached hydrogens (tertiary/aromatic N) is 1. The Balaban J connectivity index is 0.00000289. The second-order valence-electron chi connectivity index (χ2n) is 8.68. The van der Waals surface area contributed by atoms with E-state index in [1.165, 1.54) is 23.6 Å². The van der Waals surface area contributed by atoms with Gasteiger partial charge in [0.2, 0.25) is 10.0 Å². The number of piperidine rings is 1. The first kappa shape index (κ1) is 30.2. The Morgan fingerprint density at radius 3 is 2.06 bits per heavy atom. The third-order valence-corrected chi connectivity index (χ3v) is 8.27. The van der Waals surface area contributed by atoms with Gasteiger partial charge in [-0.3, -0.25) is 0 Å². The van der Waals surface area contributed by atoms with Gasteiger partial charge in [0.25, 0.3) is 0 Å². The molecule has 1 aromatic rings. The summed E-state index contributed by atoms with van der Waals surface area (Å²) in [6, 6.07) is 2.97. The Labute approximate surface area is 202 Å². The van der Waals surface area contributed by atoms with Gasteiger partial charge in [-0.2, -0.15) is 17.5 Å². The van der Waals surface area contributed by atoms with E-state index in [-0.39, 0.29) is 44.9 Å². The van der Waals surface area contributed by atoms with E-state index in [2.05, 4.69) is 10.6 Å². The number of urea groups is 1. The number of carbonyl (C=O) groups is 1. The van der Waals surface area contributed by atoms with Crippen molar-refractivity contribution in [3.8, 4) is 0 Å². The smallest absolute Gasteiger partial charge is 0.337 e. The number of hydrogen-bond donors (Lipinski definition) is 2. The molecule has 1 heterocycles. The molecule has 3 rings (SSSR count). The fraction of sp³-hybridized carbons (Fsp3) is 0.708. The van der Waals surface area contributed by atoms with E-state index in [9.17, 15) is 26.4 Å². The quantitative estimate of drug-likeness (QED) is 0.518. The molecule has 1 aliphatic heterocycles. The summed E-state index contributed by atoms with van der Waals surface area (Å²) in [6.07, 6.45) is 5.24. The standard InChI is InChI=1S/C22H32F3N3O3S.2CH4/c23-22(24,25)17-11-13-20(14-12-17)32(30,31)28-15-7-6-10-19(28)16-26-21(29)27-18-8-4-2-1-3-5-9-18;;/h11-14,18-19H,1-10,15-16H2,(H2,26,27,29);2*1H4. The van der Waals surface area contributed by atoms with Gasteiger partial charge in [-0.15, -0.1) is 0 Å². The molecule has 2 aliphatic rings. The Bertz CT molecular complexity index is 852. The van der Waals surface area contributed by atoms with Crippen LogP contribution < -0.4 is 10.6 Å². The lowest BCUT2D eigenvalue weighted by molar-refractivity contribution is -0.137. The Kier molecular flexibility index (Phi) is 11.8. The van der Waals surface area contributed by atoms with E-state index in [1.807, 2.05) is 0 Å². The molecule has 2 fully saturated rings. The molecule has 10 heteroatoms. The van der Waals surface area contributed by atoms with E-state index >= 15 is 0 Å². The molecule has 34 heavy (non-hydrogen) atoms. The van der Waals surface area contributed by atoms with Gasteiger partial charge >= 0.3 is 12.2 Å². The van der Waals surface area contributed by atoms with Gasteiger partial charge in [-0.1, -0.05) is 53.4 Å². The second-order valence-corrected chi connectivity index (χ2v) is 10.6. The molecule has 2 amide bonds. The maximum absolute atomic E-state index is 13.1. The zero-order valence-corrected chi connectivity index (χ0v) is 19.0. The summed E-state index contributed by atoms with van der Waals surface area (Å²) in [7, 11) is -3.96. The number of rotatable bonds is 5. The van der Waals surface area contributed by atoms with Crippen molar-refractivity contribution < 1.29 is 26.4 Å². The van der Waals surface area contributed by atoms with Crippen molar-refractivity contribution in [2.45, 2.75) is 102 Å². The first-order chi connectivity index (χ1) is 15.2. The third kappa shape index (κ3) is 8.15. The highest BCUT2D eigenvalue weighted by Gasteiger charge is 2.35. The van der Waals surface area contributed by atoms with Gasteiger partial charge in [-0.25, -0.2) is 13.2 Å². The van der Waals surface area contributed by atoms with Crippen molar-refractivity contribution in [2.24, 2.45) is 0 Å². The van der Waals surface area contributed by atoms with Crippen LogP contribution in [0.15, 0.2) is 29.2 Å². The fourth-order valence-corrected chi connectivity index (χ4v) is 6.19. The number of sulfonamides is 1. The molecule has 1 atom stereocenters. The van der Waals surface area contributed by atoms with E-state index < -0.39 is 27.8 Å². The summed E-state index contributed by atoms with van der Waals surface area (Å²) in [6.45, 7) is 0.443. The predicted molar refractivity (Wildman–Crippen MR) is 129 cm³/mol. The van der Waals surface area contributed by atoms with E-state index in [4.69, 9.17) is 0 Å². The molecule has 196 valence electrons. The molecule has 0 spiro atoms. The molecular weight excluding hydrogens is 467 g/mol. The molecule has 1 aromatic carbocycles. The summed E-state index contributed by atoms with van der Waals surface area (Å²) in [4.78, 5) is 12.2. The maximum Gasteiger partial charge on any atom is 0.416 e. The molecule has 0 radical (unpaired) electrons. The lowest BCUT2D eigenvalue weighted by Gasteiger charge is -2.35. The van der Waals surface area contributed by atoms with Gasteiger partial charge in [0.05, 0.1) is 10.5 Å². The van der Waals surface area contributed by atoms with E-state index in [1.54, 1.807) is 0 Å². The number of halogens is 3. The zero-order valence-electron chi connectivity index (χ0n) is 18.2. The monoisotopic (exact) mass is 507 g/mol. The normalized spacial score (nSPS) is 20.7. The average molecular weight is 508 g/mol. The SMILES string of the molecule is C.C.O=C(NCC1CCCCN1S(=O)(=O)c1ccc(C(F)(F)F)cc1)NC1CCCCCCC1. The van der Waals surface area contributed by atoms with Gasteiger partial charge in [0.15, 0.2) is 0 Å². The summed E-state index contributed by atoms with van der Waals surface area (Å²) < 4.78 is 66.0. The number of amides is 2. The summed E-state index contributed by atoms with van der Waals surface area (Å²) in [5.74, 6) is 0. The van der Waals surface area contributed by atoms with Crippen LogP contribution in [0.4, 0.5) is 18.0 Å². The lowest BCUT2D eigenvalue weighted by atomic mass is 9.97. The van der Waals surface area contributed by atoms with Crippen LogP contribution in [0, 0.1) is 0 Å². The number of alkyl halides is 3. The molecule has 1 saturated carbocycles. The van der Waals surface area contributed by atoms with Crippen molar-refractivity contribution >= 4 is 16.1 Å². The summed E-state index contributed by atoms with van der Waals surface area (Å²) in [5, 5.41) is 5.82. The van der Waals surface area contributed by atoms with Crippen LogP contribution >= 0.6 is 0 Å². The summed E-state index contributed by atoms with van der Waals surface area (Å²) in [5.41, 5.74) is -0.890. The molecule has 2 N–H and O–H groups in total.